The molecule has 0 fully saturated rings. The summed E-state index contributed by atoms with van der Waals surface area (Å²) in [4.78, 5) is 0. The van der Waals surface area contributed by atoms with E-state index in [-0.39, 0.29) is 0 Å². The molecule has 2 rings (SSSR count). The number of rotatable bonds is 4. The van der Waals surface area contributed by atoms with Crippen molar-refractivity contribution in [3.05, 3.63) is 51.9 Å². The van der Waals surface area contributed by atoms with Crippen LogP contribution in [0.15, 0.2) is 39.4 Å². The highest BCUT2D eigenvalue weighted by Gasteiger charge is 2.17. The van der Waals surface area contributed by atoms with Gasteiger partial charge in [-0.25, -0.2) is 0 Å². The normalized spacial score (nSPS) is 12.4. The van der Waals surface area contributed by atoms with Gasteiger partial charge in [0.25, 0.3) is 0 Å². The zero-order chi connectivity index (χ0) is 13.1. The van der Waals surface area contributed by atoms with E-state index in [9.17, 15) is 5.11 Å². The number of ether oxygens (including phenoxy) is 1. The third-order valence-corrected chi connectivity index (χ3v) is 3.51. The Hall–Kier alpha value is -1.26. The zero-order valence-electron chi connectivity index (χ0n) is 10.3. The van der Waals surface area contributed by atoms with Crippen molar-refractivity contribution < 1.29 is 14.3 Å². The summed E-state index contributed by atoms with van der Waals surface area (Å²) in [5.74, 6) is 1.56. The summed E-state index contributed by atoms with van der Waals surface area (Å²) >= 11 is 3.41. The van der Waals surface area contributed by atoms with E-state index in [2.05, 4.69) is 15.9 Å². The van der Waals surface area contributed by atoms with Crippen LogP contribution in [0.5, 0.6) is 5.75 Å². The molecule has 1 atom stereocenters. The molecule has 96 valence electrons. The van der Waals surface area contributed by atoms with E-state index in [1.807, 2.05) is 31.2 Å². The SMILES string of the molecule is CCc1occc1C(O)c1ccc(OC)c(Br)c1. The summed E-state index contributed by atoms with van der Waals surface area (Å²) in [6.07, 6.45) is 1.69. The van der Waals surface area contributed by atoms with Crippen LogP contribution < -0.4 is 4.74 Å². The Kier molecular flexibility index (Phi) is 4.09. The molecule has 1 aromatic heterocycles. The lowest BCUT2D eigenvalue weighted by Gasteiger charge is -2.12. The predicted molar refractivity (Wildman–Crippen MR) is 72.8 cm³/mol. The summed E-state index contributed by atoms with van der Waals surface area (Å²) < 4.78 is 11.3. The van der Waals surface area contributed by atoms with E-state index in [4.69, 9.17) is 9.15 Å². The van der Waals surface area contributed by atoms with Crippen LogP contribution in [0.3, 0.4) is 0 Å². The highest BCUT2D eigenvalue weighted by atomic mass is 79.9. The van der Waals surface area contributed by atoms with Crippen molar-refractivity contribution in [2.45, 2.75) is 19.4 Å². The molecule has 0 aliphatic carbocycles. The van der Waals surface area contributed by atoms with E-state index >= 15 is 0 Å². The first kappa shape index (κ1) is 13.2. The van der Waals surface area contributed by atoms with Crippen LogP contribution >= 0.6 is 15.9 Å². The minimum Gasteiger partial charge on any atom is -0.496 e. The second kappa shape index (κ2) is 5.59. The van der Waals surface area contributed by atoms with Crippen molar-refractivity contribution >= 4 is 15.9 Å². The number of benzene rings is 1. The third-order valence-electron chi connectivity index (χ3n) is 2.89. The molecule has 0 radical (unpaired) electrons. The second-order valence-electron chi connectivity index (χ2n) is 3.95. The molecule has 0 saturated heterocycles. The molecule has 0 amide bonds. The molecule has 1 unspecified atom stereocenters. The first-order valence-corrected chi connectivity index (χ1v) is 6.54. The van der Waals surface area contributed by atoms with Crippen LogP contribution in [0.2, 0.25) is 0 Å². The summed E-state index contributed by atoms with van der Waals surface area (Å²) in [7, 11) is 1.61. The minimum absolute atomic E-state index is 0.680. The first-order valence-electron chi connectivity index (χ1n) is 5.75. The van der Waals surface area contributed by atoms with Crippen LogP contribution in [0, 0.1) is 0 Å². The topological polar surface area (TPSA) is 42.6 Å². The Morgan fingerprint density at radius 3 is 2.78 bits per heavy atom. The van der Waals surface area contributed by atoms with Crippen molar-refractivity contribution in [3.63, 3.8) is 0 Å². The van der Waals surface area contributed by atoms with Crippen LogP contribution in [0.1, 0.15) is 29.9 Å². The average molecular weight is 311 g/mol. The molecule has 4 heteroatoms. The van der Waals surface area contributed by atoms with Gasteiger partial charge in [-0.3, -0.25) is 0 Å². The van der Waals surface area contributed by atoms with Gasteiger partial charge in [0.1, 0.15) is 17.6 Å². The maximum Gasteiger partial charge on any atom is 0.133 e. The lowest BCUT2D eigenvalue weighted by atomic mass is 10.0. The molecular formula is C14H15BrO3. The average Bonchev–Trinajstić information content (AvgIpc) is 2.86. The number of hydrogen-bond donors (Lipinski definition) is 1. The number of aliphatic hydroxyl groups excluding tert-OH is 1. The van der Waals surface area contributed by atoms with Crippen molar-refractivity contribution in [2.24, 2.45) is 0 Å². The quantitative estimate of drug-likeness (QED) is 0.936. The number of aliphatic hydroxyl groups is 1. The molecule has 0 aliphatic rings. The molecule has 1 aromatic carbocycles. The van der Waals surface area contributed by atoms with Crippen LogP contribution in [0.4, 0.5) is 0 Å². The van der Waals surface area contributed by atoms with E-state index in [1.54, 1.807) is 13.4 Å². The predicted octanol–water partition coefficient (Wildman–Crippen LogP) is 3.69. The molecule has 0 bridgehead atoms. The standard InChI is InChI=1S/C14H15BrO3/c1-3-12-10(6-7-18-12)14(16)9-4-5-13(17-2)11(15)8-9/h4-8,14,16H,3H2,1-2H3. The summed E-state index contributed by atoms with van der Waals surface area (Å²) in [6, 6.07) is 7.34. The fourth-order valence-corrected chi connectivity index (χ4v) is 2.47. The van der Waals surface area contributed by atoms with E-state index in [0.717, 1.165) is 33.5 Å². The van der Waals surface area contributed by atoms with Gasteiger partial charge < -0.3 is 14.3 Å². The molecule has 2 aromatic rings. The van der Waals surface area contributed by atoms with Gasteiger partial charge >= 0.3 is 0 Å². The van der Waals surface area contributed by atoms with Crippen molar-refractivity contribution in [2.75, 3.05) is 7.11 Å². The highest BCUT2D eigenvalue weighted by molar-refractivity contribution is 9.10. The van der Waals surface area contributed by atoms with Gasteiger partial charge in [0.15, 0.2) is 0 Å². The number of halogens is 1. The van der Waals surface area contributed by atoms with Crippen molar-refractivity contribution in [3.8, 4) is 5.75 Å². The number of methoxy groups -OCH3 is 1. The molecule has 3 nitrogen and oxygen atoms in total. The van der Waals surface area contributed by atoms with Crippen molar-refractivity contribution in [1.29, 1.82) is 0 Å². The number of hydrogen-bond acceptors (Lipinski definition) is 3. The summed E-state index contributed by atoms with van der Waals surface area (Å²) in [5, 5.41) is 10.4. The Morgan fingerprint density at radius 1 is 1.39 bits per heavy atom. The van der Waals surface area contributed by atoms with Gasteiger partial charge in [0.2, 0.25) is 0 Å². The first-order chi connectivity index (χ1) is 8.67. The summed E-state index contributed by atoms with van der Waals surface area (Å²) in [6.45, 7) is 2.00. The number of aryl methyl sites for hydroxylation is 1. The van der Waals surface area contributed by atoms with E-state index in [1.165, 1.54) is 0 Å². The van der Waals surface area contributed by atoms with Crippen LogP contribution in [-0.4, -0.2) is 12.2 Å². The van der Waals surface area contributed by atoms with Gasteiger partial charge in [-0.1, -0.05) is 13.0 Å². The molecule has 0 saturated carbocycles. The molecule has 0 spiro atoms. The largest absolute Gasteiger partial charge is 0.496 e. The van der Waals surface area contributed by atoms with E-state index < -0.39 is 6.10 Å². The van der Waals surface area contributed by atoms with Gasteiger partial charge in [-0.05, 0) is 39.7 Å². The Balaban J connectivity index is 2.34. The van der Waals surface area contributed by atoms with E-state index in [0.29, 0.717) is 0 Å². The maximum atomic E-state index is 10.4. The minimum atomic E-state index is -0.680. The summed E-state index contributed by atoms with van der Waals surface area (Å²) in [5.41, 5.74) is 1.62. The zero-order valence-corrected chi connectivity index (χ0v) is 11.9. The molecule has 1 heterocycles. The Bertz CT molecular complexity index is 534. The Morgan fingerprint density at radius 2 is 2.17 bits per heavy atom. The lowest BCUT2D eigenvalue weighted by Crippen LogP contribution is -2.01. The smallest absolute Gasteiger partial charge is 0.133 e. The van der Waals surface area contributed by atoms with Gasteiger partial charge in [-0.15, -0.1) is 0 Å². The van der Waals surface area contributed by atoms with Gasteiger partial charge in [0, 0.05) is 12.0 Å². The fraction of sp³-hybridized carbons (Fsp3) is 0.286. The van der Waals surface area contributed by atoms with Gasteiger partial charge in [-0.2, -0.15) is 0 Å². The third kappa shape index (κ3) is 2.44. The fourth-order valence-electron chi connectivity index (χ4n) is 1.91. The maximum absolute atomic E-state index is 10.4. The van der Waals surface area contributed by atoms with Crippen molar-refractivity contribution in [1.82, 2.24) is 0 Å². The molecule has 0 aliphatic heterocycles. The second-order valence-corrected chi connectivity index (χ2v) is 4.80. The van der Waals surface area contributed by atoms with Crippen LogP contribution in [-0.2, 0) is 6.42 Å². The molecular weight excluding hydrogens is 296 g/mol. The van der Waals surface area contributed by atoms with Gasteiger partial charge in [0.05, 0.1) is 17.8 Å². The lowest BCUT2D eigenvalue weighted by molar-refractivity contribution is 0.217. The van der Waals surface area contributed by atoms with Crippen LogP contribution in [0.25, 0.3) is 0 Å². The molecule has 1 N–H and O–H groups in total. The monoisotopic (exact) mass is 310 g/mol. The number of furan rings is 1. The molecule has 18 heavy (non-hydrogen) atoms. The Labute approximate surface area is 115 Å². The highest BCUT2D eigenvalue weighted by Crippen LogP contribution is 2.32.